The van der Waals surface area contributed by atoms with Crippen LogP contribution in [0.2, 0.25) is 5.02 Å². The van der Waals surface area contributed by atoms with E-state index >= 15 is 0 Å². The summed E-state index contributed by atoms with van der Waals surface area (Å²) < 4.78 is 13.6. The second-order valence-corrected chi connectivity index (χ2v) is 5.52. The van der Waals surface area contributed by atoms with Gasteiger partial charge in [0.2, 0.25) is 5.91 Å². The predicted molar refractivity (Wildman–Crippen MR) is 70.8 cm³/mol. The second-order valence-electron chi connectivity index (χ2n) is 5.12. The Hall–Kier alpha value is -1.13. The molecular weight excluding hydrogens is 255 g/mol. The fourth-order valence-corrected chi connectivity index (χ4v) is 1.76. The minimum Gasteiger partial charge on any atom is -0.341 e. The number of nitrogens with zero attached hydrogens (tertiary/aromatic N) is 1. The van der Waals surface area contributed by atoms with Crippen LogP contribution < -0.4 is 5.73 Å². The van der Waals surface area contributed by atoms with Crippen LogP contribution in [-0.2, 0) is 11.3 Å². The molecule has 1 aromatic carbocycles. The van der Waals surface area contributed by atoms with Crippen LogP contribution in [0.1, 0.15) is 25.8 Å². The van der Waals surface area contributed by atoms with E-state index in [4.69, 9.17) is 17.3 Å². The first-order valence-electron chi connectivity index (χ1n) is 5.66. The highest BCUT2D eigenvalue weighted by atomic mass is 35.5. The largest absolute Gasteiger partial charge is 0.341 e. The number of rotatable bonds is 4. The number of hydrogen-bond acceptors (Lipinski definition) is 2. The molecule has 0 unspecified atom stereocenters. The molecule has 2 N–H and O–H groups in total. The summed E-state index contributed by atoms with van der Waals surface area (Å²) in [5, 5.41) is 0.321. The van der Waals surface area contributed by atoms with E-state index in [9.17, 15) is 9.18 Å². The number of nitrogens with two attached hydrogens (primary N) is 1. The van der Waals surface area contributed by atoms with Gasteiger partial charge in [-0.25, -0.2) is 4.39 Å². The molecule has 0 bridgehead atoms. The van der Waals surface area contributed by atoms with Crippen molar-refractivity contribution in [2.45, 2.75) is 32.4 Å². The van der Waals surface area contributed by atoms with Crippen LogP contribution in [0.4, 0.5) is 4.39 Å². The highest BCUT2D eigenvalue weighted by Gasteiger charge is 2.20. The van der Waals surface area contributed by atoms with Gasteiger partial charge in [0.15, 0.2) is 0 Å². The van der Waals surface area contributed by atoms with Gasteiger partial charge in [0.05, 0.1) is 0 Å². The van der Waals surface area contributed by atoms with Crippen molar-refractivity contribution in [1.29, 1.82) is 0 Å². The third-order valence-corrected chi connectivity index (χ3v) is 2.84. The Bertz CT molecular complexity index is 423. The van der Waals surface area contributed by atoms with E-state index in [1.165, 1.54) is 17.0 Å². The first kappa shape index (κ1) is 14.9. The van der Waals surface area contributed by atoms with Crippen LogP contribution in [-0.4, -0.2) is 23.4 Å². The quantitative estimate of drug-likeness (QED) is 0.916. The third-order valence-electron chi connectivity index (χ3n) is 2.49. The van der Waals surface area contributed by atoms with Crippen LogP contribution in [0.3, 0.4) is 0 Å². The fraction of sp³-hybridized carbons (Fsp3) is 0.462. The SMILES string of the molecule is CN(Cc1c(F)cccc1Cl)C(=O)CC(C)(C)N. The maximum atomic E-state index is 13.6. The zero-order chi connectivity index (χ0) is 13.9. The maximum Gasteiger partial charge on any atom is 0.224 e. The first-order chi connectivity index (χ1) is 8.20. The average molecular weight is 273 g/mol. The smallest absolute Gasteiger partial charge is 0.224 e. The van der Waals surface area contributed by atoms with Gasteiger partial charge in [0.1, 0.15) is 5.82 Å². The lowest BCUT2D eigenvalue weighted by Gasteiger charge is -2.23. The van der Waals surface area contributed by atoms with Gasteiger partial charge in [-0.1, -0.05) is 17.7 Å². The molecule has 5 heteroatoms. The van der Waals surface area contributed by atoms with Gasteiger partial charge in [0.25, 0.3) is 0 Å². The number of benzene rings is 1. The molecule has 1 amide bonds. The van der Waals surface area contributed by atoms with Gasteiger partial charge in [-0.15, -0.1) is 0 Å². The Labute approximate surface area is 112 Å². The van der Waals surface area contributed by atoms with Gasteiger partial charge in [-0.3, -0.25) is 4.79 Å². The Morgan fingerprint density at radius 1 is 1.50 bits per heavy atom. The van der Waals surface area contributed by atoms with Crippen molar-refractivity contribution in [3.8, 4) is 0 Å². The lowest BCUT2D eigenvalue weighted by molar-refractivity contribution is -0.131. The molecule has 0 aliphatic carbocycles. The summed E-state index contributed by atoms with van der Waals surface area (Å²) in [6.07, 6.45) is 0.204. The highest BCUT2D eigenvalue weighted by molar-refractivity contribution is 6.31. The van der Waals surface area contributed by atoms with Crippen LogP contribution in [0.5, 0.6) is 0 Å². The summed E-state index contributed by atoms with van der Waals surface area (Å²) in [6, 6.07) is 4.46. The van der Waals surface area contributed by atoms with Crippen molar-refractivity contribution < 1.29 is 9.18 Å². The molecule has 0 atom stereocenters. The van der Waals surface area contributed by atoms with Gasteiger partial charge in [-0.2, -0.15) is 0 Å². The summed E-state index contributed by atoms with van der Waals surface area (Å²) in [5.74, 6) is -0.545. The monoisotopic (exact) mass is 272 g/mol. The average Bonchev–Trinajstić information content (AvgIpc) is 2.21. The van der Waals surface area contributed by atoms with Crippen molar-refractivity contribution in [3.63, 3.8) is 0 Å². The van der Waals surface area contributed by atoms with Gasteiger partial charge >= 0.3 is 0 Å². The van der Waals surface area contributed by atoms with Crippen molar-refractivity contribution in [1.82, 2.24) is 4.90 Å². The van der Waals surface area contributed by atoms with E-state index in [-0.39, 0.29) is 18.9 Å². The maximum absolute atomic E-state index is 13.6. The predicted octanol–water partition coefficient (Wildman–Crippen LogP) is 2.56. The fourth-order valence-electron chi connectivity index (χ4n) is 1.53. The summed E-state index contributed by atoms with van der Waals surface area (Å²) in [5.41, 5.74) is 5.52. The molecule has 18 heavy (non-hydrogen) atoms. The number of carbonyl (C=O) groups excluding carboxylic acids is 1. The molecule has 1 aromatic rings. The van der Waals surface area contributed by atoms with Crippen molar-refractivity contribution in [2.24, 2.45) is 5.73 Å². The number of hydrogen-bond donors (Lipinski definition) is 1. The van der Waals surface area contributed by atoms with E-state index < -0.39 is 11.4 Å². The number of halogens is 2. The van der Waals surface area contributed by atoms with Gasteiger partial charge in [-0.05, 0) is 26.0 Å². The summed E-state index contributed by atoms with van der Waals surface area (Å²) in [4.78, 5) is 13.3. The molecule has 100 valence electrons. The standard InChI is InChI=1S/C13H18ClFN2O/c1-13(2,16)7-12(18)17(3)8-9-10(14)5-4-6-11(9)15/h4-6H,7-8,16H2,1-3H3. The first-order valence-corrected chi connectivity index (χ1v) is 6.04. The molecule has 0 aliphatic heterocycles. The molecule has 0 saturated heterocycles. The molecule has 3 nitrogen and oxygen atoms in total. The molecule has 0 saturated carbocycles. The zero-order valence-corrected chi connectivity index (χ0v) is 11.6. The normalized spacial score (nSPS) is 11.4. The highest BCUT2D eigenvalue weighted by Crippen LogP contribution is 2.21. The van der Waals surface area contributed by atoms with Gasteiger partial charge < -0.3 is 10.6 Å². The van der Waals surface area contributed by atoms with E-state index in [1.54, 1.807) is 27.0 Å². The van der Waals surface area contributed by atoms with Crippen LogP contribution in [0, 0.1) is 5.82 Å². The second kappa shape index (κ2) is 5.67. The lowest BCUT2D eigenvalue weighted by Crippen LogP contribution is -2.39. The summed E-state index contributed by atoms with van der Waals surface area (Å²) in [6.45, 7) is 3.68. The summed E-state index contributed by atoms with van der Waals surface area (Å²) in [7, 11) is 1.61. The van der Waals surface area contributed by atoms with E-state index in [0.717, 1.165) is 0 Å². The van der Waals surface area contributed by atoms with Crippen LogP contribution in [0.25, 0.3) is 0 Å². The molecule has 0 aliphatic rings. The van der Waals surface area contributed by atoms with E-state index in [0.29, 0.717) is 10.6 Å². The molecule has 0 aromatic heterocycles. The molecule has 0 heterocycles. The molecule has 1 rings (SSSR count). The van der Waals surface area contributed by atoms with Crippen molar-refractivity contribution in [2.75, 3.05) is 7.05 Å². The number of carbonyl (C=O) groups is 1. The third kappa shape index (κ3) is 4.27. The van der Waals surface area contributed by atoms with E-state index in [1.807, 2.05) is 0 Å². The molecule has 0 radical (unpaired) electrons. The van der Waals surface area contributed by atoms with Crippen molar-refractivity contribution in [3.05, 3.63) is 34.6 Å². The van der Waals surface area contributed by atoms with E-state index in [2.05, 4.69) is 0 Å². The van der Waals surface area contributed by atoms with Crippen molar-refractivity contribution >= 4 is 17.5 Å². The topological polar surface area (TPSA) is 46.3 Å². The molecule has 0 fully saturated rings. The molecule has 0 spiro atoms. The van der Waals surface area contributed by atoms with Crippen LogP contribution >= 0.6 is 11.6 Å². The Morgan fingerprint density at radius 2 is 2.11 bits per heavy atom. The lowest BCUT2D eigenvalue weighted by atomic mass is 10.0. The summed E-state index contributed by atoms with van der Waals surface area (Å²) >= 11 is 5.91. The minimum atomic E-state index is -0.579. The van der Waals surface area contributed by atoms with Crippen LogP contribution in [0.15, 0.2) is 18.2 Å². The van der Waals surface area contributed by atoms with Gasteiger partial charge in [0, 0.05) is 36.1 Å². The molecular formula is C13H18ClFN2O. The Balaban J connectivity index is 2.76. The minimum absolute atomic E-state index is 0.137. The Kier molecular flexibility index (Phi) is 4.71. The number of amides is 1. The zero-order valence-electron chi connectivity index (χ0n) is 10.8. The Morgan fingerprint density at radius 3 is 2.61 bits per heavy atom.